The molecule has 7 heteroatoms. The number of methoxy groups -OCH3 is 2. The molecular weight excluding hydrogens is 430 g/mol. The number of aldehydes is 1. The van der Waals surface area contributed by atoms with E-state index < -0.39 is 5.54 Å². The van der Waals surface area contributed by atoms with E-state index in [1.165, 1.54) is 16.7 Å². The fraction of sp³-hybridized carbons (Fsp3) is 0.481. The lowest BCUT2D eigenvalue weighted by Crippen LogP contribution is -2.61. The number of nitrogens with one attached hydrogen (secondary N) is 1. The van der Waals surface area contributed by atoms with Crippen LogP contribution in [0, 0.1) is 13.8 Å². The Morgan fingerprint density at radius 2 is 1.91 bits per heavy atom. The molecule has 34 heavy (non-hydrogen) atoms. The van der Waals surface area contributed by atoms with Gasteiger partial charge >= 0.3 is 6.03 Å². The predicted octanol–water partition coefficient (Wildman–Crippen LogP) is 3.70. The average molecular weight is 468 g/mol. The van der Waals surface area contributed by atoms with E-state index in [1.54, 1.807) is 19.1 Å². The van der Waals surface area contributed by atoms with Crippen LogP contribution in [0.15, 0.2) is 42.5 Å². The molecule has 0 spiro atoms. The highest BCUT2D eigenvalue weighted by Gasteiger charge is 2.42. The molecule has 0 aromatic heterocycles. The number of amides is 2. The van der Waals surface area contributed by atoms with Crippen molar-refractivity contribution in [2.24, 2.45) is 0 Å². The van der Waals surface area contributed by atoms with Crippen LogP contribution in [-0.4, -0.2) is 68.1 Å². The molecule has 2 amide bonds. The molecule has 0 saturated carbocycles. The van der Waals surface area contributed by atoms with Gasteiger partial charge in [-0.1, -0.05) is 35.9 Å². The molecule has 0 bridgehead atoms. The second kappa shape index (κ2) is 12.0. The third-order valence-corrected chi connectivity index (χ3v) is 6.72. The maximum atomic E-state index is 13.3. The molecule has 1 heterocycles. The minimum Gasteiger partial charge on any atom is -0.497 e. The highest BCUT2D eigenvalue weighted by atomic mass is 16.5. The van der Waals surface area contributed by atoms with Crippen molar-refractivity contribution >= 4 is 12.3 Å². The number of aryl methyl sites for hydroxylation is 2. The monoisotopic (exact) mass is 467 g/mol. The van der Waals surface area contributed by atoms with Gasteiger partial charge in [0.25, 0.3) is 0 Å². The van der Waals surface area contributed by atoms with Gasteiger partial charge in [0, 0.05) is 39.8 Å². The lowest BCUT2D eigenvalue weighted by atomic mass is 9.86. The number of carbonyl (C=O) groups is 2. The van der Waals surface area contributed by atoms with Crippen LogP contribution in [-0.2, 0) is 22.6 Å². The van der Waals surface area contributed by atoms with Crippen molar-refractivity contribution in [2.45, 2.75) is 45.3 Å². The van der Waals surface area contributed by atoms with Crippen molar-refractivity contribution < 1.29 is 19.1 Å². The number of nitrogens with zero attached hydrogens (tertiary/aromatic N) is 2. The van der Waals surface area contributed by atoms with Crippen molar-refractivity contribution in [3.8, 4) is 5.75 Å². The highest BCUT2D eigenvalue weighted by Crippen LogP contribution is 2.29. The largest absolute Gasteiger partial charge is 0.497 e. The minimum atomic E-state index is -0.838. The Labute approximate surface area is 203 Å². The first-order valence-electron chi connectivity index (χ1n) is 11.8. The molecule has 1 saturated heterocycles. The summed E-state index contributed by atoms with van der Waals surface area (Å²) in [5.41, 5.74) is 3.93. The summed E-state index contributed by atoms with van der Waals surface area (Å²) < 4.78 is 10.5. The van der Waals surface area contributed by atoms with Gasteiger partial charge in [-0.25, -0.2) is 4.79 Å². The summed E-state index contributed by atoms with van der Waals surface area (Å²) in [5, 5.41) is 2.98. The number of rotatable bonds is 10. The maximum absolute atomic E-state index is 13.3. The standard InChI is InChI=1S/C27H37N3O4/c1-21-8-9-22(2)24(16-21)19-29-12-10-27(20-31,11-13-29)30(14-15-33-3)26(32)28-18-23-6-5-7-25(17-23)34-4/h5-9,16-17,20H,10-15,18-19H2,1-4H3,(H,28,32). The number of hydrogen-bond acceptors (Lipinski definition) is 5. The molecule has 0 aliphatic carbocycles. The van der Waals surface area contributed by atoms with Gasteiger partial charge in [-0.15, -0.1) is 0 Å². The molecule has 0 unspecified atom stereocenters. The molecule has 1 N–H and O–H groups in total. The minimum absolute atomic E-state index is 0.255. The summed E-state index contributed by atoms with van der Waals surface area (Å²) in [6, 6.07) is 13.8. The number of benzene rings is 2. The van der Waals surface area contributed by atoms with E-state index in [9.17, 15) is 9.59 Å². The first-order chi connectivity index (χ1) is 16.4. The molecule has 2 aromatic carbocycles. The number of hydrogen-bond donors (Lipinski definition) is 1. The fourth-order valence-electron chi connectivity index (χ4n) is 4.53. The Hall–Kier alpha value is -2.90. The summed E-state index contributed by atoms with van der Waals surface area (Å²) in [6.07, 6.45) is 2.15. The first-order valence-corrected chi connectivity index (χ1v) is 11.8. The van der Waals surface area contributed by atoms with Gasteiger partial charge in [0.1, 0.15) is 17.6 Å². The first kappa shape index (κ1) is 25.7. The molecular formula is C27H37N3O4. The number of likely N-dealkylation sites (tertiary alicyclic amines) is 1. The zero-order valence-corrected chi connectivity index (χ0v) is 20.8. The molecule has 7 nitrogen and oxygen atoms in total. The van der Waals surface area contributed by atoms with Crippen molar-refractivity contribution in [2.75, 3.05) is 40.5 Å². The van der Waals surface area contributed by atoms with E-state index in [-0.39, 0.29) is 6.03 Å². The average Bonchev–Trinajstić information content (AvgIpc) is 2.86. The van der Waals surface area contributed by atoms with E-state index in [2.05, 4.69) is 42.3 Å². The Balaban J connectivity index is 1.67. The van der Waals surface area contributed by atoms with Gasteiger partial charge < -0.3 is 24.5 Å². The fourth-order valence-corrected chi connectivity index (χ4v) is 4.53. The second-order valence-electron chi connectivity index (χ2n) is 9.08. The third-order valence-electron chi connectivity index (χ3n) is 6.72. The van der Waals surface area contributed by atoms with E-state index in [1.807, 2.05) is 24.3 Å². The molecule has 1 fully saturated rings. The number of urea groups is 1. The predicted molar refractivity (Wildman–Crippen MR) is 133 cm³/mol. The van der Waals surface area contributed by atoms with Crippen LogP contribution in [0.5, 0.6) is 5.75 Å². The number of piperidine rings is 1. The quantitative estimate of drug-likeness (QED) is 0.540. The van der Waals surface area contributed by atoms with Crippen molar-refractivity contribution in [1.29, 1.82) is 0 Å². The van der Waals surface area contributed by atoms with Gasteiger partial charge in [-0.2, -0.15) is 0 Å². The SMILES string of the molecule is COCCN(C(=O)NCc1cccc(OC)c1)C1(C=O)CCN(Cc2cc(C)ccc2C)CC1. The summed E-state index contributed by atoms with van der Waals surface area (Å²) in [6.45, 7) is 7.67. The molecule has 2 aromatic rings. The number of ether oxygens (including phenoxy) is 2. The lowest BCUT2D eigenvalue weighted by molar-refractivity contribution is -0.120. The summed E-state index contributed by atoms with van der Waals surface area (Å²) >= 11 is 0. The second-order valence-corrected chi connectivity index (χ2v) is 9.08. The van der Waals surface area contributed by atoms with Crippen LogP contribution in [0.4, 0.5) is 4.79 Å². The summed E-state index contributed by atoms with van der Waals surface area (Å²) in [5.74, 6) is 0.739. The zero-order chi connectivity index (χ0) is 24.6. The van der Waals surface area contributed by atoms with Gasteiger partial charge in [0.2, 0.25) is 0 Å². The van der Waals surface area contributed by atoms with E-state index in [0.717, 1.165) is 37.2 Å². The Kier molecular flexibility index (Phi) is 9.07. The molecule has 0 atom stereocenters. The highest BCUT2D eigenvalue weighted by molar-refractivity contribution is 5.80. The normalized spacial score (nSPS) is 15.5. The van der Waals surface area contributed by atoms with Crippen LogP contribution >= 0.6 is 0 Å². The molecule has 1 aliphatic heterocycles. The van der Waals surface area contributed by atoms with Crippen LogP contribution in [0.25, 0.3) is 0 Å². The van der Waals surface area contributed by atoms with Crippen LogP contribution in [0.2, 0.25) is 0 Å². The molecule has 1 aliphatic rings. The molecule has 3 rings (SSSR count). The summed E-state index contributed by atoms with van der Waals surface area (Å²) in [7, 11) is 3.22. The van der Waals surface area contributed by atoms with Gasteiger partial charge in [-0.3, -0.25) is 4.90 Å². The van der Waals surface area contributed by atoms with Gasteiger partial charge in [-0.05, 0) is 55.5 Å². The van der Waals surface area contributed by atoms with Crippen molar-refractivity contribution in [3.63, 3.8) is 0 Å². The van der Waals surface area contributed by atoms with Crippen molar-refractivity contribution in [3.05, 3.63) is 64.7 Å². The van der Waals surface area contributed by atoms with Gasteiger partial charge in [0.15, 0.2) is 0 Å². The van der Waals surface area contributed by atoms with Crippen LogP contribution in [0.3, 0.4) is 0 Å². The molecule has 0 radical (unpaired) electrons. The third kappa shape index (κ3) is 6.36. The topological polar surface area (TPSA) is 71.1 Å². The zero-order valence-electron chi connectivity index (χ0n) is 20.8. The smallest absolute Gasteiger partial charge is 0.318 e. The maximum Gasteiger partial charge on any atom is 0.318 e. The summed E-state index contributed by atoms with van der Waals surface area (Å²) in [4.78, 5) is 29.7. The van der Waals surface area contributed by atoms with E-state index >= 15 is 0 Å². The van der Waals surface area contributed by atoms with E-state index in [4.69, 9.17) is 9.47 Å². The van der Waals surface area contributed by atoms with E-state index in [0.29, 0.717) is 32.5 Å². The Morgan fingerprint density at radius 1 is 1.15 bits per heavy atom. The van der Waals surface area contributed by atoms with Crippen molar-refractivity contribution in [1.82, 2.24) is 15.1 Å². The Bertz CT molecular complexity index is 970. The lowest BCUT2D eigenvalue weighted by Gasteiger charge is -2.45. The van der Waals surface area contributed by atoms with Crippen LogP contribution in [0.1, 0.15) is 35.1 Å². The van der Waals surface area contributed by atoms with Gasteiger partial charge in [0.05, 0.1) is 13.7 Å². The Morgan fingerprint density at radius 3 is 2.59 bits per heavy atom. The molecule has 184 valence electrons. The van der Waals surface area contributed by atoms with Crippen LogP contribution < -0.4 is 10.1 Å². The number of carbonyl (C=O) groups excluding carboxylic acids is 2.